The molecular weight excluding hydrogens is 412 g/mol. The van der Waals surface area contributed by atoms with Gasteiger partial charge in [0.2, 0.25) is 0 Å². The average molecular weight is 451 g/mol. The standard InChI is InChI=1S/C28H38N2O3/c1-20(2)32-15-14-29-18-22-6-7-25-17-26(11-8-24(25)16-22)30(3)28(31)23-9-12-27(13-10-23)33-19-21-4-5-21/h6-7,9-10,12-13,16,20-21,26,29H,4-5,8,11,14-15,17-19H2,1-3H3/t26-/m0/s1. The summed E-state index contributed by atoms with van der Waals surface area (Å²) in [5, 5.41) is 3.46. The molecule has 1 fully saturated rings. The summed E-state index contributed by atoms with van der Waals surface area (Å²) >= 11 is 0. The smallest absolute Gasteiger partial charge is 0.253 e. The number of carbonyl (C=O) groups is 1. The molecule has 2 aliphatic rings. The number of carbonyl (C=O) groups excluding carboxylic acids is 1. The van der Waals surface area contributed by atoms with E-state index in [2.05, 4.69) is 37.4 Å². The van der Waals surface area contributed by atoms with Gasteiger partial charge in [-0.3, -0.25) is 4.79 Å². The van der Waals surface area contributed by atoms with E-state index in [0.29, 0.717) is 0 Å². The molecule has 1 atom stereocenters. The van der Waals surface area contributed by atoms with Crippen LogP contribution in [0, 0.1) is 5.92 Å². The molecule has 0 aliphatic heterocycles. The van der Waals surface area contributed by atoms with Gasteiger partial charge < -0.3 is 19.7 Å². The number of likely N-dealkylation sites (N-methyl/N-ethyl adjacent to an activating group) is 1. The van der Waals surface area contributed by atoms with E-state index >= 15 is 0 Å². The van der Waals surface area contributed by atoms with Crippen LogP contribution >= 0.6 is 0 Å². The van der Waals surface area contributed by atoms with Crippen molar-refractivity contribution in [2.45, 2.75) is 64.6 Å². The van der Waals surface area contributed by atoms with Crippen molar-refractivity contribution in [1.82, 2.24) is 10.2 Å². The first kappa shape index (κ1) is 23.8. The third-order valence-electron chi connectivity index (χ3n) is 6.68. The van der Waals surface area contributed by atoms with Gasteiger partial charge in [0.05, 0.1) is 19.3 Å². The van der Waals surface area contributed by atoms with Gasteiger partial charge in [-0.15, -0.1) is 0 Å². The molecule has 2 aliphatic carbocycles. The summed E-state index contributed by atoms with van der Waals surface area (Å²) in [6, 6.07) is 14.6. The van der Waals surface area contributed by atoms with E-state index in [1.807, 2.05) is 36.2 Å². The fourth-order valence-corrected chi connectivity index (χ4v) is 4.39. The molecule has 5 heteroatoms. The number of benzene rings is 2. The quantitative estimate of drug-likeness (QED) is 0.508. The van der Waals surface area contributed by atoms with E-state index in [-0.39, 0.29) is 18.1 Å². The molecule has 0 heterocycles. The summed E-state index contributed by atoms with van der Waals surface area (Å²) in [5.74, 6) is 1.66. The van der Waals surface area contributed by atoms with Crippen LogP contribution in [0.5, 0.6) is 5.75 Å². The Labute approximate surface area is 198 Å². The monoisotopic (exact) mass is 450 g/mol. The minimum atomic E-state index is 0.0848. The van der Waals surface area contributed by atoms with Crippen molar-refractivity contribution < 1.29 is 14.3 Å². The highest BCUT2D eigenvalue weighted by atomic mass is 16.5. The fourth-order valence-electron chi connectivity index (χ4n) is 4.39. The lowest BCUT2D eigenvalue weighted by Crippen LogP contribution is -2.40. The summed E-state index contributed by atoms with van der Waals surface area (Å²) in [6.45, 7) is 7.36. The van der Waals surface area contributed by atoms with Gasteiger partial charge in [0, 0.05) is 31.7 Å². The summed E-state index contributed by atoms with van der Waals surface area (Å²) in [6.07, 6.45) is 5.75. The highest BCUT2D eigenvalue weighted by Gasteiger charge is 2.26. The number of ether oxygens (including phenoxy) is 2. The second-order valence-corrected chi connectivity index (χ2v) is 9.79. The number of aryl methyl sites for hydroxylation is 1. The van der Waals surface area contributed by atoms with Gasteiger partial charge >= 0.3 is 0 Å². The van der Waals surface area contributed by atoms with Gasteiger partial charge in [0.1, 0.15) is 5.75 Å². The Kier molecular flexibility index (Phi) is 8.05. The molecule has 0 bridgehead atoms. The zero-order valence-corrected chi connectivity index (χ0v) is 20.3. The van der Waals surface area contributed by atoms with Crippen molar-refractivity contribution in [2.24, 2.45) is 5.92 Å². The molecule has 0 aromatic heterocycles. The Morgan fingerprint density at radius 3 is 2.61 bits per heavy atom. The van der Waals surface area contributed by atoms with Gasteiger partial charge in [-0.05, 0) is 92.8 Å². The highest BCUT2D eigenvalue weighted by molar-refractivity contribution is 5.94. The van der Waals surface area contributed by atoms with Crippen molar-refractivity contribution in [3.8, 4) is 5.75 Å². The van der Waals surface area contributed by atoms with Crippen molar-refractivity contribution in [3.05, 3.63) is 64.7 Å². The highest BCUT2D eigenvalue weighted by Crippen LogP contribution is 2.30. The van der Waals surface area contributed by atoms with Crippen LogP contribution in [-0.4, -0.2) is 49.8 Å². The molecular formula is C28H38N2O3. The number of hydrogen-bond acceptors (Lipinski definition) is 4. The van der Waals surface area contributed by atoms with Crippen LogP contribution in [0.1, 0.15) is 60.2 Å². The molecule has 33 heavy (non-hydrogen) atoms. The topological polar surface area (TPSA) is 50.8 Å². The minimum absolute atomic E-state index is 0.0848. The zero-order valence-electron chi connectivity index (χ0n) is 20.3. The molecule has 4 rings (SSSR count). The predicted molar refractivity (Wildman–Crippen MR) is 132 cm³/mol. The van der Waals surface area contributed by atoms with Crippen LogP contribution in [0.2, 0.25) is 0 Å². The summed E-state index contributed by atoms with van der Waals surface area (Å²) in [7, 11) is 1.94. The van der Waals surface area contributed by atoms with Gasteiger partial charge in [-0.25, -0.2) is 0 Å². The van der Waals surface area contributed by atoms with Crippen LogP contribution in [0.15, 0.2) is 42.5 Å². The molecule has 178 valence electrons. The van der Waals surface area contributed by atoms with Crippen molar-refractivity contribution in [1.29, 1.82) is 0 Å². The zero-order chi connectivity index (χ0) is 23.2. The van der Waals surface area contributed by atoms with E-state index in [0.717, 1.165) is 62.8 Å². The second kappa shape index (κ2) is 11.2. The molecule has 0 unspecified atom stereocenters. The predicted octanol–water partition coefficient (Wildman–Crippen LogP) is 4.62. The maximum absolute atomic E-state index is 13.1. The third kappa shape index (κ3) is 6.81. The Morgan fingerprint density at radius 2 is 1.88 bits per heavy atom. The number of rotatable bonds is 11. The number of fused-ring (bicyclic) bond motifs is 1. The SMILES string of the molecule is CC(C)OCCNCc1ccc2c(c1)CC[C@H](N(C)C(=O)c1ccc(OCC3CC3)cc1)C2. The molecule has 0 radical (unpaired) electrons. The molecule has 1 N–H and O–H groups in total. The lowest BCUT2D eigenvalue weighted by atomic mass is 9.86. The van der Waals surface area contributed by atoms with E-state index in [1.165, 1.54) is 29.5 Å². The first-order valence-electron chi connectivity index (χ1n) is 12.4. The number of nitrogens with one attached hydrogen (secondary N) is 1. The van der Waals surface area contributed by atoms with E-state index in [4.69, 9.17) is 9.47 Å². The average Bonchev–Trinajstić information content (AvgIpc) is 3.66. The number of nitrogens with zero attached hydrogens (tertiary/aromatic N) is 1. The first-order chi connectivity index (χ1) is 16.0. The normalized spacial score (nSPS) is 17.6. The number of hydrogen-bond donors (Lipinski definition) is 1. The van der Waals surface area contributed by atoms with Crippen LogP contribution in [0.25, 0.3) is 0 Å². The molecule has 1 amide bonds. The van der Waals surface area contributed by atoms with Crippen LogP contribution in [-0.2, 0) is 24.1 Å². The molecule has 1 saturated carbocycles. The Hall–Kier alpha value is -2.37. The lowest BCUT2D eigenvalue weighted by molar-refractivity contribution is 0.0718. The van der Waals surface area contributed by atoms with Crippen molar-refractivity contribution in [3.63, 3.8) is 0 Å². The summed E-state index contributed by atoms with van der Waals surface area (Å²) in [5.41, 5.74) is 4.82. The maximum Gasteiger partial charge on any atom is 0.253 e. The van der Waals surface area contributed by atoms with E-state index < -0.39 is 0 Å². The lowest BCUT2D eigenvalue weighted by Gasteiger charge is -2.33. The van der Waals surface area contributed by atoms with E-state index in [1.54, 1.807) is 0 Å². The van der Waals surface area contributed by atoms with Gasteiger partial charge in [0.15, 0.2) is 0 Å². The first-order valence-corrected chi connectivity index (χ1v) is 12.4. The largest absolute Gasteiger partial charge is 0.493 e. The van der Waals surface area contributed by atoms with Crippen LogP contribution in [0.4, 0.5) is 0 Å². The molecule has 2 aromatic carbocycles. The van der Waals surface area contributed by atoms with Gasteiger partial charge in [0.25, 0.3) is 5.91 Å². The molecule has 5 nitrogen and oxygen atoms in total. The summed E-state index contributed by atoms with van der Waals surface area (Å²) in [4.78, 5) is 15.0. The van der Waals surface area contributed by atoms with Gasteiger partial charge in [-0.1, -0.05) is 18.2 Å². The maximum atomic E-state index is 13.1. The minimum Gasteiger partial charge on any atom is -0.493 e. The fraction of sp³-hybridized carbons (Fsp3) is 0.536. The number of amides is 1. The molecule has 0 saturated heterocycles. The Morgan fingerprint density at radius 1 is 1.09 bits per heavy atom. The Bertz CT molecular complexity index is 921. The molecule has 2 aromatic rings. The van der Waals surface area contributed by atoms with Crippen molar-refractivity contribution >= 4 is 5.91 Å². The van der Waals surface area contributed by atoms with E-state index in [9.17, 15) is 4.79 Å². The van der Waals surface area contributed by atoms with Crippen LogP contribution in [0.3, 0.4) is 0 Å². The Balaban J connectivity index is 1.28. The molecule has 0 spiro atoms. The van der Waals surface area contributed by atoms with Crippen molar-refractivity contribution in [2.75, 3.05) is 26.8 Å². The van der Waals surface area contributed by atoms with Gasteiger partial charge in [-0.2, -0.15) is 0 Å². The second-order valence-electron chi connectivity index (χ2n) is 9.79. The van der Waals surface area contributed by atoms with Crippen LogP contribution < -0.4 is 10.1 Å². The summed E-state index contributed by atoms with van der Waals surface area (Å²) < 4.78 is 11.4. The third-order valence-corrected chi connectivity index (χ3v) is 6.68.